The summed E-state index contributed by atoms with van der Waals surface area (Å²) in [7, 11) is 0. The molecule has 0 spiro atoms. The highest BCUT2D eigenvalue weighted by Crippen LogP contribution is 2.19. The SMILES string of the molecule is CCNCCNC(=O)c1cc(F)c(Cl)cc1F.Cl. The van der Waals surface area contributed by atoms with Gasteiger partial charge in [-0.3, -0.25) is 4.79 Å². The average molecular weight is 299 g/mol. The second kappa shape index (κ2) is 8.24. The number of halogens is 4. The lowest BCUT2D eigenvalue weighted by molar-refractivity contribution is 0.0949. The summed E-state index contributed by atoms with van der Waals surface area (Å²) in [5, 5.41) is 5.12. The largest absolute Gasteiger partial charge is 0.351 e. The molecular formula is C11H14Cl2F2N2O. The molecule has 0 aromatic heterocycles. The quantitative estimate of drug-likeness (QED) is 0.647. The molecule has 0 atom stereocenters. The number of nitrogens with one attached hydrogen (secondary N) is 2. The zero-order valence-corrected chi connectivity index (χ0v) is 11.3. The van der Waals surface area contributed by atoms with Crippen LogP contribution < -0.4 is 10.6 Å². The van der Waals surface area contributed by atoms with Crippen LogP contribution in [0.4, 0.5) is 8.78 Å². The Morgan fingerprint density at radius 1 is 1.28 bits per heavy atom. The Bertz CT molecular complexity index is 416. The Labute approximate surface area is 115 Å². The fraction of sp³-hybridized carbons (Fsp3) is 0.364. The van der Waals surface area contributed by atoms with E-state index in [-0.39, 0.29) is 23.0 Å². The van der Waals surface area contributed by atoms with Gasteiger partial charge in [-0.1, -0.05) is 18.5 Å². The minimum atomic E-state index is -0.836. The van der Waals surface area contributed by atoms with E-state index in [4.69, 9.17) is 11.6 Å². The predicted octanol–water partition coefficient (Wildman–Crippen LogP) is 2.38. The first-order chi connectivity index (χ1) is 8.06. The zero-order chi connectivity index (χ0) is 12.8. The standard InChI is InChI=1S/C11H13ClF2N2O.ClH/c1-2-15-3-4-16-11(17)7-5-10(14)8(12)6-9(7)13;/h5-6,15H,2-4H2,1H3,(H,16,17);1H. The summed E-state index contributed by atoms with van der Waals surface area (Å²) >= 11 is 5.38. The molecule has 0 fully saturated rings. The van der Waals surface area contributed by atoms with Crippen molar-refractivity contribution in [3.63, 3.8) is 0 Å². The van der Waals surface area contributed by atoms with E-state index in [0.717, 1.165) is 18.7 Å². The Balaban J connectivity index is 0.00000289. The Morgan fingerprint density at radius 3 is 2.56 bits per heavy atom. The molecule has 0 bridgehead atoms. The minimum absolute atomic E-state index is 0. The number of hydrogen-bond acceptors (Lipinski definition) is 2. The van der Waals surface area contributed by atoms with Crippen molar-refractivity contribution in [2.45, 2.75) is 6.92 Å². The predicted molar refractivity (Wildman–Crippen MR) is 69.5 cm³/mol. The molecule has 1 aromatic rings. The first kappa shape index (κ1) is 17.1. The maximum Gasteiger partial charge on any atom is 0.254 e. The highest BCUT2D eigenvalue weighted by molar-refractivity contribution is 6.30. The van der Waals surface area contributed by atoms with Crippen molar-refractivity contribution in [3.8, 4) is 0 Å². The minimum Gasteiger partial charge on any atom is -0.351 e. The second-order valence-electron chi connectivity index (χ2n) is 3.36. The van der Waals surface area contributed by atoms with Gasteiger partial charge in [0.2, 0.25) is 0 Å². The molecule has 0 aliphatic rings. The fourth-order valence-electron chi connectivity index (χ4n) is 1.23. The first-order valence-corrected chi connectivity index (χ1v) is 5.57. The van der Waals surface area contributed by atoms with Crippen molar-refractivity contribution in [2.75, 3.05) is 19.6 Å². The van der Waals surface area contributed by atoms with Gasteiger partial charge in [0.25, 0.3) is 5.91 Å². The molecule has 0 heterocycles. The van der Waals surface area contributed by atoms with E-state index in [0.29, 0.717) is 13.1 Å². The van der Waals surface area contributed by atoms with Crippen LogP contribution in [0.5, 0.6) is 0 Å². The second-order valence-corrected chi connectivity index (χ2v) is 3.76. The topological polar surface area (TPSA) is 41.1 Å². The summed E-state index contributed by atoms with van der Waals surface area (Å²) in [6.07, 6.45) is 0. The number of benzene rings is 1. The Hall–Kier alpha value is -0.910. The van der Waals surface area contributed by atoms with E-state index in [1.54, 1.807) is 0 Å². The third-order valence-electron chi connectivity index (χ3n) is 2.09. The van der Waals surface area contributed by atoms with E-state index in [1.807, 2.05) is 6.92 Å². The van der Waals surface area contributed by atoms with Crippen molar-refractivity contribution in [1.82, 2.24) is 10.6 Å². The fourth-order valence-corrected chi connectivity index (χ4v) is 1.38. The zero-order valence-electron chi connectivity index (χ0n) is 9.73. The van der Waals surface area contributed by atoms with Crippen molar-refractivity contribution >= 4 is 29.9 Å². The Kier molecular flexibility index (Phi) is 7.82. The van der Waals surface area contributed by atoms with Crippen LogP contribution in [0.2, 0.25) is 5.02 Å². The van der Waals surface area contributed by atoms with Gasteiger partial charge in [0, 0.05) is 13.1 Å². The van der Waals surface area contributed by atoms with Gasteiger partial charge in [0.05, 0.1) is 10.6 Å². The third-order valence-corrected chi connectivity index (χ3v) is 2.38. The number of carbonyl (C=O) groups is 1. The van der Waals surface area contributed by atoms with Crippen molar-refractivity contribution in [3.05, 3.63) is 34.4 Å². The Morgan fingerprint density at radius 2 is 1.94 bits per heavy atom. The van der Waals surface area contributed by atoms with Gasteiger partial charge in [-0.05, 0) is 18.7 Å². The summed E-state index contributed by atoms with van der Waals surface area (Å²) in [5.74, 6) is -2.31. The van der Waals surface area contributed by atoms with Gasteiger partial charge in [-0.2, -0.15) is 0 Å². The normalized spacial score (nSPS) is 9.78. The first-order valence-electron chi connectivity index (χ1n) is 5.19. The molecule has 7 heteroatoms. The van der Waals surface area contributed by atoms with Crippen LogP contribution in [0.3, 0.4) is 0 Å². The van der Waals surface area contributed by atoms with Crippen LogP contribution in [0.15, 0.2) is 12.1 Å². The van der Waals surface area contributed by atoms with E-state index in [2.05, 4.69) is 10.6 Å². The van der Waals surface area contributed by atoms with E-state index < -0.39 is 17.5 Å². The molecule has 0 aliphatic heterocycles. The molecule has 0 aliphatic carbocycles. The molecule has 18 heavy (non-hydrogen) atoms. The lowest BCUT2D eigenvalue weighted by Crippen LogP contribution is -2.32. The van der Waals surface area contributed by atoms with Crippen LogP contribution in [0.25, 0.3) is 0 Å². The molecule has 0 unspecified atom stereocenters. The summed E-state index contributed by atoms with van der Waals surface area (Å²) in [4.78, 5) is 11.5. The number of rotatable bonds is 5. The maximum absolute atomic E-state index is 13.3. The van der Waals surface area contributed by atoms with Crippen LogP contribution in [0, 0.1) is 11.6 Å². The van der Waals surface area contributed by atoms with Crippen LogP contribution in [-0.4, -0.2) is 25.5 Å². The maximum atomic E-state index is 13.3. The smallest absolute Gasteiger partial charge is 0.254 e. The van der Waals surface area contributed by atoms with Crippen molar-refractivity contribution < 1.29 is 13.6 Å². The summed E-state index contributed by atoms with van der Waals surface area (Å²) in [6.45, 7) is 3.62. The molecule has 0 saturated carbocycles. The van der Waals surface area contributed by atoms with Gasteiger partial charge in [-0.15, -0.1) is 12.4 Å². The number of amides is 1. The monoisotopic (exact) mass is 298 g/mol. The number of hydrogen-bond donors (Lipinski definition) is 2. The van der Waals surface area contributed by atoms with Crippen molar-refractivity contribution in [2.24, 2.45) is 0 Å². The van der Waals surface area contributed by atoms with E-state index in [9.17, 15) is 13.6 Å². The highest BCUT2D eigenvalue weighted by atomic mass is 35.5. The van der Waals surface area contributed by atoms with E-state index in [1.165, 1.54) is 0 Å². The van der Waals surface area contributed by atoms with Gasteiger partial charge in [0.1, 0.15) is 11.6 Å². The van der Waals surface area contributed by atoms with Gasteiger partial charge in [-0.25, -0.2) is 8.78 Å². The van der Waals surface area contributed by atoms with Gasteiger partial charge >= 0.3 is 0 Å². The molecule has 0 saturated heterocycles. The lowest BCUT2D eigenvalue weighted by atomic mass is 10.2. The number of carbonyl (C=O) groups excluding carboxylic acids is 1. The molecule has 1 rings (SSSR count). The summed E-state index contributed by atoms with van der Waals surface area (Å²) in [5.41, 5.74) is -0.344. The van der Waals surface area contributed by atoms with Crippen LogP contribution in [0.1, 0.15) is 17.3 Å². The molecule has 102 valence electrons. The molecular weight excluding hydrogens is 285 g/mol. The molecule has 0 radical (unpaired) electrons. The molecule has 2 N–H and O–H groups in total. The molecule has 1 amide bonds. The number of likely N-dealkylation sites (N-methyl/N-ethyl adjacent to an activating group) is 1. The average Bonchev–Trinajstić information content (AvgIpc) is 2.29. The lowest BCUT2D eigenvalue weighted by Gasteiger charge is -2.07. The molecule has 1 aromatic carbocycles. The van der Waals surface area contributed by atoms with E-state index >= 15 is 0 Å². The third kappa shape index (κ3) is 4.76. The van der Waals surface area contributed by atoms with Gasteiger partial charge < -0.3 is 10.6 Å². The summed E-state index contributed by atoms with van der Waals surface area (Å²) < 4.78 is 26.4. The van der Waals surface area contributed by atoms with Crippen LogP contribution >= 0.6 is 24.0 Å². The molecule has 3 nitrogen and oxygen atoms in total. The summed E-state index contributed by atoms with van der Waals surface area (Å²) in [6, 6.07) is 1.58. The van der Waals surface area contributed by atoms with Crippen molar-refractivity contribution in [1.29, 1.82) is 0 Å². The highest BCUT2D eigenvalue weighted by Gasteiger charge is 2.14. The van der Waals surface area contributed by atoms with Crippen LogP contribution in [-0.2, 0) is 0 Å². The van der Waals surface area contributed by atoms with Gasteiger partial charge in [0.15, 0.2) is 0 Å².